The Morgan fingerprint density at radius 1 is 1.11 bits per heavy atom. The number of aryl methyl sites for hydroxylation is 2. The first-order chi connectivity index (χ1) is 17.5. The number of anilines is 1. The summed E-state index contributed by atoms with van der Waals surface area (Å²) in [5.41, 5.74) is 4.00. The van der Waals surface area contributed by atoms with Crippen molar-refractivity contribution in [2.45, 2.75) is 38.7 Å². The molecular weight excluding hydrogens is 481 g/mol. The monoisotopic (exact) mass is 505 g/mol. The highest BCUT2D eigenvalue weighted by Gasteiger charge is 2.26. The smallest absolute Gasteiger partial charge is 0.263 e. The van der Waals surface area contributed by atoms with Crippen molar-refractivity contribution in [3.63, 3.8) is 0 Å². The Bertz CT molecular complexity index is 1540. The molecule has 1 aliphatic heterocycles. The summed E-state index contributed by atoms with van der Waals surface area (Å²) < 4.78 is 22.6. The maximum atomic E-state index is 15.1. The Hall–Kier alpha value is -3.36. The van der Waals surface area contributed by atoms with Gasteiger partial charge in [0.25, 0.3) is 5.56 Å². The molecule has 184 valence electrons. The summed E-state index contributed by atoms with van der Waals surface area (Å²) in [4.78, 5) is 29.7. The minimum atomic E-state index is -0.537. The molecule has 1 saturated heterocycles. The van der Waals surface area contributed by atoms with E-state index < -0.39 is 5.82 Å². The van der Waals surface area contributed by atoms with Gasteiger partial charge in [0.2, 0.25) is 0 Å². The van der Waals surface area contributed by atoms with Crippen LogP contribution < -0.4 is 10.5 Å². The second kappa shape index (κ2) is 9.26. The Labute approximate surface area is 212 Å². The normalized spacial score (nSPS) is 17.9. The van der Waals surface area contributed by atoms with Crippen LogP contribution in [0.15, 0.2) is 47.4 Å². The van der Waals surface area contributed by atoms with Crippen LogP contribution in [0.25, 0.3) is 17.0 Å². The van der Waals surface area contributed by atoms with Gasteiger partial charge in [0.05, 0.1) is 17.9 Å². The minimum absolute atomic E-state index is 0.159. The average molecular weight is 506 g/mol. The third-order valence-electron chi connectivity index (χ3n) is 6.92. The summed E-state index contributed by atoms with van der Waals surface area (Å²) in [5, 5.41) is 0.281. The number of hydrogen-bond acceptors (Lipinski definition) is 6. The van der Waals surface area contributed by atoms with Gasteiger partial charge in [-0.05, 0) is 68.5 Å². The van der Waals surface area contributed by atoms with Gasteiger partial charge >= 0.3 is 0 Å². The van der Waals surface area contributed by atoms with Crippen LogP contribution in [0.4, 0.5) is 10.2 Å². The van der Waals surface area contributed by atoms with Gasteiger partial charge in [0.15, 0.2) is 5.82 Å². The van der Waals surface area contributed by atoms with E-state index in [0.717, 1.165) is 36.2 Å². The summed E-state index contributed by atoms with van der Waals surface area (Å²) >= 11 is 6.02. The molecule has 0 amide bonds. The molecule has 4 heterocycles. The van der Waals surface area contributed by atoms with Crippen LogP contribution in [0.2, 0.25) is 5.02 Å². The number of rotatable bonds is 3. The van der Waals surface area contributed by atoms with Crippen molar-refractivity contribution in [2.75, 3.05) is 24.6 Å². The number of ether oxygens (including phenoxy) is 1. The zero-order valence-electron chi connectivity index (χ0n) is 19.9. The molecule has 1 unspecified atom stereocenters. The number of hydrogen-bond donors (Lipinski definition) is 0. The zero-order valence-corrected chi connectivity index (χ0v) is 20.6. The minimum Gasteiger partial charge on any atom is -0.370 e. The predicted octanol–water partition coefficient (Wildman–Crippen LogP) is 4.71. The summed E-state index contributed by atoms with van der Waals surface area (Å²) in [6.45, 7) is 3.63. The van der Waals surface area contributed by atoms with Crippen LogP contribution >= 0.6 is 11.6 Å². The molecule has 1 aromatic carbocycles. The van der Waals surface area contributed by atoms with Gasteiger partial charge in [-0.1, -0.05) is 11.6 Å². The molecule has 0 N–H and O–H groups in total. The predicted molar refractivity (Wildman–Crippen MR) is 136 cm³/mol. The van der Waals surface area contributed by atoms with Crippen molar-refractivity contribution in [3.05, 3.63) is 86.3 Å². The van der Waals surface area contributed by atoms with Crippen LogP contribution in [0.5, 0.6) is 0 Å². The molecule has 4 aromatic rings. The molecule has 7 nitrogen and oxygen atoms in total. The van der Waals surface area contributed by atoms with Gasteiger partial charge < -0.3 is 9.64 Å². The number of halogens is 2. The third kappa shape index (κ3) is 4.14. The molecule has 0 saturated carbocycles. The molecule has 0 bridgehead atoms. The molecule has 0 spiro atoms. The van der Waals surface area contributed by atoms with Crippen LogP contribution in [-0.2, 0) is 17.6 Å². The lowest BCUT2D eigenvalue weighted by molar-refractivity contribution is 0.0394. The fourth-order valence-electron chi connectivity index (χ4n) is 5.12. The van der Waals surface area contributed by atoms with Crippen molar-refractivity contribution in [1.82, 2.24) is 19.4 Å². The maximum Gasteiger partial charge on any atom is 0.263 e. The Kier molecular flexibility index (Phi) is 5.93. The highest BCUT2D eigenvalue weighted by Crippen LogP contribution is 2.30. The first-order valence-corrected chi connectivity index (χ1v) is 12.6. The molecule has 36 heavy (non-hydrogen) atoms. The molecule has 0 radical (unpaired) electrons. The Morgan fingerprint density at radius 3 is 2.81 bits per heavy atom. The van der Waals surface area contributed by atoms with Crippen LogP contribution in [0, 0.1) is 12.7 Å². The average Bonchev–Trinajstić information content (AvgIpc) is 2.88. The molecule has 6 rings (SSSR count). The highest BCUT2D eigenvalue weighted by atomic mass is 35.5. The van der Waals surface area contributed by atoms with Crippen molar-refractivity contribution in [3.8, 4) is 11.4 Å². The van der Waals surface area contributed by atoms with Crippen LogP contribution in [0.3, 0.4) is 0 Å². The standard InChI is InChI=1S/C27H25ClFN5O2/c1-16-12-17(8-9-30-16)23-15-33(10-11-36-23)24-14-25-31-22-5-3-2-4-20(22)27(35)34(25)26(32-24)19-7-6-18(28)13-21(19)29/h6-9,12-14,23H,2-5,10-11,15H2,1H3. The first kappa shape index (κ1) is 23.1. The first-order valence-electron chi connectivity index (χ1n) is 12.2. The third-order valence-corrected chi connectivity index (χ3v) is 7.16. The van der Waals surface area contributed by atoms with E-state index in [1.165, 1.54) is 10.5 Å². The van der Waals surface area contributed by atoms with Crippen molar-refractivity contribution < 1.29 is 9.13 Å². The number of morpholine rings is 1. The summed E-state index contributed by atoms with van der Waals surface area (Å²) in [6, 6.07) is 10.2. The maximum absolute atomic E-state index is 15.1. The van der Waals surface area contributed by atoms with Crippen LogP contribution in [-0.4, -0.2) is 39.0 Å². The summed E-state index contributed by atoms with van der Waals surface area (Å²) in [6.07, 6.45) is 5.00. The lowest BCUT2D eigenvalue weighted by atomic mass is 9.97. The van der Waals surface area contributed by atoms with E-state index in [9.17, 15) is 4.79 Å². The fourth-order valence-corrected chi connectivity index (χ4v) is 5.28. The number of benzene rings is 1. The van der Waals surface area contributed by atoms with E-state index in [4.69, 9.17) is 26.3 Å². The molecule has 1 fully saturated rings. The lowest BCUT2D eigenvalue weighted by Crippen LogP contribution is -2.39. The second-order valence-electron chi connectivity index (χ2n) is 9.34. The largest absolute Gasteiger partial charge is 0.370 e. The quantitative estimate of drug-likeness (QED) is 0.401. The fraction of sp³-hybridized carbons (Fsp3) is 0.333. The molecule has 9 heteroatoms. The molecule has 1 atom stereocenters. The lowest BCUT2D eigenvalue weighted by Gasteiger charge is -2.34. The Morgan fingerprint density at radius 2 is 1.97 bits per heavy atom. The molecule has 2 aliphatic rings. The van der Waals surface area contributed by atoms with Crippen molar-refractivity contribution >= 4 is 23.1 Å². The van der Waals surface area contributed by atoms with Gasteiger partial charge in [-0.3, -0.25) is 9.78 Å². The van der Waals surface area contributed by atoms with Crippen molar-refractivity contribution in [2.24, 2.45) is 0 Å². The zero-order chi connectivity index (χ0) is 24.8. The Balaban J connectivity index is 1.51. The topological polar surface area (TPSA) is 72.6 Å². The van der Waals surface area contributed by atoms with Gasteiger partial charge in [-0.25, -0.2) is 18.8 Å². The van der Waals surface area contributed by atoms with E-state index in [1.54, 1.807) is 18.3 Å². The van der Waals surface area contributed by atoms with Gasteiger partial charge in [0.1, 0.15) is 23.4 Å². The van der Waals surface area contributed by atoms with Gasteiger partial charge in [0, 0.05) is 41.6 Å². The van der Waals surface area contributed by atoms with E-state index in [2.05, 4.69) is 9.88 Å². The SMILES string of the molecule is Cc1cc(C2CN(c3cc4nc5c(c(=O)n4c(-c4ccc(Cl)cc4F)n3)CCCC5)CCO2)ccn1. The highest BCUT2D eigenvalue weighted by molar-refractivity contribution is 6.30. The van der Waals surface area contributed by atoms with Crippen molar-refractivity contribution in [1.29, 1.82) is 0 Å². The van der Waals surface area contributed by atoms with Gasteiger partial charge in [-0.15, -0.1) is 0 Å². The second-order valence-corrected chi connectivity index (χ2v) is 9.78. The number of fused-ring (bicyclic) bond motifs is 2. The number of pyridine rings is 1. The molecular formula is C27H25ClFN5O2. The van der Waals surface area contributed by atoms with E-state index in [0.29, 0.717) is 43.1 Å². The van der Waals surface area contributed by atoms with Gasteiger partial charge in [-0.2, -0.15) is 0 Å². The molecule has 3 aromatic heterocycles. The summed E-state index contributed by atoms with van der Waals surface area (Å²) in [7, 11) is 0. The number of aromatic nitrogens is 4. The van der Waals surface area contributed by atoms with Crippen LogP contribution in [0.1, 0.15) is 41.5 Å². The molecule has 1 aliphatic carbocycles. The van der Waals surface area contributed by atoms with E-state index in [1.807, 2.05) is 25.1 Å². The number of nitrogens with zero attached hydrogens (tertiary/aromatic N) is 5. The summed E-state index contributed by atoms with van der Waals surface area (Å²) in [5.74, 6) is 0.316. The van der Waals surface area contributed by atoms with E-state index in [-0.39, 0.29) is 28.1 Å². The van der Waals surface area contributed by atoms with E-state index >= 15 is 4.39 Å².